The number of carbonyl (C=O) groups excluding carboxylic acids is 2. The number of hydrogen-bond acceptors (Lipinski definition) is 5. The third-order valence-electron chi connectivity index (χ3n) is 6.04. The maximum absolute atomic E-state index is 13.3. The molecule has 3 rings (SSSR count). The number of rotatable bonds is 12. The first-order chi connectivity index (χ1) is 18.3. The van der Waals surface area contributed by atoms with Crippen molar-refractivity contribution in [1.29, 1.82) is 0 Å². The van der Waals surface area contributed by atoms with E-state index in [1.54, 1.807) is 30.3 Å². The number of hydrazone groups is 1. The van der Waals surface area contributed by atoms with Crippen LogP contribution in [0, 0.1) is 5.82 Å². The van der Waals surface area contributed by atoms with Crippen molar-refractivity contribution in [3.05, 3.63) is 99.8 Å². The number of amides is 2. The number of nitrogens with zero attached hydrogens (tertiary/aromatic N) is 3. The maximum Gasteiger partial charge on any atom is 0.273 e. The molecule has 0 aliphatic heterocycles. The second kappa shape index (κ2) is 14.4. The van der Waals surface area contributed by atoms with Gasteiger partial charge < -0.3 is 15.1 Å². The van der Waals surface area contributed by atoms with Crippen molar-refractivity contribution in [2.45, 2.75) is 20.4 Å². The Morgan fingerprint density at radius 1 is 0.974 bits per heavy atom. The fraction of sp³-hybridized carbons (Fsp3) is 0.276. The van der Waals surface area contributed by atoms with Crippen LogP contribution in [0.2, 0.25) is 5.02 Å². The third-order valence-corrected chi connectivity index (χ3v) is 6.27. The van der Waals surface area contributed by atoms with E-state index in [-0.39, 0.29) is 11.5 Å². The summed E-state index contributed by atoms with van der Waals surface area (Å²) in [6.45, 7) is 8.96. The van der Waals surface area contributed by atoms with E-state index in [0.29, 0.717) is 28.4 Å². The van der Waals surface area contributed by atoms with Gasteiger partial charge in [0.05, 0.1) is 17.5 Å². The quantitative estimate of drug-likeness (QED) is 0.244. The van der Waals surface area contributed by atoms with E-state index in [9.17, 15) is 14.0 Å². The van der Waals surface area contributed by atoms with Gasteiger partial charge in [-0.15, -0.1) is 0 Å². The predicted molar refractivity (Wildman–Crippen MR) is 151 cm³/mol. The number of benzene rings is 3. The van der Waals surface area contributed by atoms with Gasteiger partial charge in [-0.05, 0) is 73.7 Å². The molecule has 0 atom stereocenters. The highest BCUT2D eigenvalue weighted by atomic mass is 35.5. The summed E-state index contributed by atoms with van der Waals surface area (Å²) in [5.41, 5.74) is 4.82. The van der Waals surface area contributed by atoms with Crippen LogP contribution in [0.5, 0.6) is 0 Å². The van der Waals surface area contributed by atoms with Crippen LogP contribution in [0.1, 0.15) is 45.7 Å². The van der Waals surface area contributed by atoms with Crippen LogP contribution in [0.3, 0.4) is 0 Å². The molecule has 7 nitrogen and oxygen atoms in total. The Morgan fingerprint density at radius 3 is 2.47 bits per heavy atom. The highest BCUT2D eigenvalue weighted by molar-refractivity contribution is 6.31. The van der Waals surface area contributed by atoms with Crippen molar-refractivity contribution in [2.24, 2.45) is 5.10 Å². The zero-order valence-corrected chi connectivity index (χ0v) is 22.6. The van der Waals surface area contributed by atoms with E-state index < -0.39 is 11.7 Å². The van der Waals surface area contributed by atoms with Crippen molar-refractivity contribution in [3.63, 3.8) is 0 Å². The second-order valence-electron chi connectivity index (χ2n) is 8.86. The van der Waals surface area contributed by atoms with E-state index in [1.165, 1.54) is 24.4 Å². The minimum atomic E-state index is -0.570. The third kappa shape index (κ3) is 8.76. The standard InChI is InChI=1S/C29H33ClFN5O2/c1-4-36(5-2)15-14-35(3)20-22-9-6-10-23(16-22)28(37)33-27-13-12-24(30)18-26(27)29(38)34-32-19-21-8-7-11-25(31)17-21/h6-13,16-19H,4-5,14-15,20H2,1-3H3,(H,33,37)(H,34,38). The van der Waals surface area contributed by atoms with Crippen LogP contribution < -0.4 is 10.7 Å². The van der Waals surface area contributed by atoms with Crippen LogP contribution in [0.25, 0.3) is 0 Å². The molecule has 0 aliphatic carbocycles. The molecule has 200 valence electrons. The molecule has 0 saturated heterocycles. The monoisotopic (exact) mass is 537 g/mol. The van der Waals surface area contributed by atoms with Gasteiger partial charge in [-0.2, -0.15) is 5.10 Å². The molecular weight excluding hydrogens is 505 g/mol. The molecule has 0 heterocycles. The van der Waals surface area contributed by atoms with Crippen LogP contribution in [0.4, 0.5) is 10.1 Å². The Bertz CT molecular complexity index is 1280. The Morgan fingerprint density at radius 2 is 1.74 bits per heavy atom. The normalized spacial score (nSPS) is 11.3. The number of anilines is 1. The molecule has 0 aliphatic rings. The van der Waals surface area contributed by atoms with Crippen molar-refractivity contribution in [1.82, 2.24) is 15.2 Å². The van der Waals surface area contributed by atoms with Crippen molar-refractivity contribution >= 4 is 35.3 Å². The molecule has 9 heteroatoms. The lowest BCUT2D eigenvalue weighted by molar-refractivity contribution is 0.0956. The average Bonchev–Trinajstić information content (AvgIpc) is 2.90. The summed E-state index contributed by atoms with van der Waals surface area (Å²) in [6.07, 6.45) is 1.33. The molecule has 38 heavy (non-hydrogen) atoms. The van der Waals surface area contributed by atoms with Crippen molar-refractivity contribution < 1.29 is 14.0 Å². The first-order valence-corrected chi connectivity index (χ1v) is 12.9. The van der Waals surface area contributed by atoms with Gasteiger partial charge in [0.2, 0.25) is 0 Å². The van der Waals surface area contributed by atoms with Gasteiger partial charge in [-0.25, -0.2) is 9.82 Å². The van der Waals surface area contributed by atoms with Gasteiger partial charge in [0.25, 0.3) is 11.8 Å². The first-order valence-electron chi connectivity index (χ1n) is 12.5. The molecule has 0 bridgehead atoms. The molecule has 0 unspecified atom stereocenters. The minimum absolute atomic E-state index is 0.148. The van der Waals surface area contributed by atoms with E-state index in [0.717, 1.165) is 31.7 Å². The Hall–Kier alpha value is -3.59. The van der Waals surface area contributed by atoms with E-state index in [4.69, 9.17) is 11.6 Å². The number of nitrogens with one attached hydrogen (secondary N) is 2. The Labute approximate surface area is 228 Å². The number of halogens is 2. The molecule has 0 fully saturated rings. The van der Waals surface area contributed by atoms with Gasteiger partial charge >= 0.3 is 0 Å². The zero-order valence-electron chi connectivity index (χ0n) is 21.9. The molecule has 0 radical (unpaired) electrons. The molecular formula is C29H33ClFN5O2. The second-order valence-corrected chi connectivity index (χ2v) is 9.30. The van der Waals surface area contributed by atoms with Crippen LogP contribution >= 0.6 is 11.6 Å². The Kier molecular flexibility index (Phi) is 11.0. The average molecular weight is 538 g/mol. The number of likely N-dealkylation sites (N-methyl/N-ethyl adjacent to an activating group) is 2. The van der Waals surface area contributed by atoms with Gasteiger partial charge in [0.1, 0.15) is 5.82 Å². The van der Waals surface area contributed by atoms with E-state index in [2.05, 4.69) is 46.5 Å². The first kappa shape index (κ1) is 29.0. The molecule has 0 spiro atoms. The largest absolute Gasteiger partial charge is 0.321 e. The summed E-state index contributed by atoms with van der Waals surface area (Å²) in [6, 6.07) is 17.8. The van der Waals surface area contributed by atoms with Crippen molar-refractivity contribution in [2.75, 3.05) is 38.5 Å². The minimum Gasteiger partial charge on any atom is -0.321 e. The SMILES string of the molecule is CCN(CC)CCN(C)Cc1cccc(C(=O)Nc2ccc(Cl)cc2C(=O)NN=Cc2cccc(F)c2)c1. The fourth-order valence-corrected chi connectivity index (χ4v) is 4.05. The van der Waals surface area contributed by atoms with Crippen LogP contribution in [-0.2, 0) is 6.54 Å². The molecule has 3 aromatic rings. The lowest BCUT2D eigenvalue weighted by Gasteiger charge is -2.23. The topological polar surface area (TPSA) is 77.0 Å². The van der Waals surface area contributed by atoms with Gasteiger partial charge in [-0.3, -0.25) is 9.59 Å². The molecule has 2 N–H and O–H groups in total. The molecule has 3 aromatic carbocycles. The van der Waals surface area contributed by atoms with E-state index >= 15 is 0 Å². The van der Waals surface area contributed by atoms with E-state index in [1.807, 2.05) is 18.2 Å². The fourth-order valence-electron chi connectivity index (χ4n) is 3.87. The van der Waals surface area contributed by atoms with Gasteiger partial charge in [0.15, 0.2) is 0 Å². The van der Waals surface area contributed by atoms with Gasteiger partial charge in [-0.1, -0.05) is 49.7 Å². The number of carbonyl (C=O) groups is 2. The summed E-state index contributed by atoms with van der Waals surface area (Å²) >= 11 is 6.11. The van der Waals surface area contributed by atoms with Crippen LogP contribution in [-0.4, -0.2) is 61.1 Å². The van der Waals surface area contributed by atoms with Gasteiger partial charge in [0, 0.05) is 30.2 Å². The molecule has 0 saturated carbocycles. The summed E-state index contributed by atoms with van der Waals surface area (Å²) in [4.78, 5) is 30.5. The Balaban J connectivity index is 1.67. The summed E-state index contributed by atoms with van der Waals surface area (Å²) in [5.74, 6) is -1.33. The van der Waals surface area contributed by atoms with Crippen LogP contribution in [0.15, 0.2) is 71.8 Å². The predicted octanol–water partition coefficient (Wildman–Crippen LogP) is 5.27. The van der Waals surface area contributed by atoms with Crippen molar-refractivity contribution in [3.8, 4) is 0 Å². The summed E-state index contributed by atoms with van der Waals surface area (Å²) in [7, 11) is 2.06. The summed E-state index contributed by atoms with van der Waals surface area (Å²) < 4.78 is 13.3. The zero-order chi connectivity index (χ0) is 27.5. The lowest BCUT2D eigenvalue weighted by atomic mass is 10.1. The number of hydrogen-bond donors (Lipinski definition) is 2. The molecule has 0 aromatic heterocycles. The highest BCUT2D eigenvalue weighted by Crippen LogP contribution is 2.22. The smallest absolute Gasteiger partial charge is 0.273 e. The maximum atomic E-state index is 13.3. The summed E-state index contributed by atoms with van der Waals surface area (Å²) in [5, 5.41) is 7.03. The lowest BCUT2D eigenvalue weighted by Crippen LogP contribution is -2.32. The highest BCUT2D eigenvalue weighted by Gasteiger charge is 2.16. The molecule has 2 amide bonds.